The van der Waals surface area contributed by atoms with E-state index < -0.39 is 0 Å². The molecule has 0 spiro atoms. The number of amides is 1. The van der Waals surface area contributed by atoms with Gasteiger partial charge in [0, 0.05) is 19.1 Å². The Balaban J connectivity index is 2.48. The fraction of sp³-hybridized carbons (Fsp3) is 0.533. The quantitative estimate of drug-likeness (QED) is 0.803. The van der Waals surface area contributed by atoms with Crippen LogP contribution in [-0.2, 0) is 11.3 Å². The molecule has 1 rings (SSSR count). The Morgan fingerprint density at radius 1 is 1.28 bits per heavy atom. The molecule has 0 saturated heterocycles. The Morgan fingerprint density at radius 3 is 2.50 bits per heavy atom. The topological polar surface area (TPSA) is 32.3 Å². The van der Waals surface area contributed by atoms with Crippen molar-refractivity contribution in [3.05, 3.63) is 35.9 Å². The molecule has 3 heteroatoms. The maximum Gasteiger partial charge on any atom is 0.236 e. The van der Waals surface area contributed by atoms with Crippen molar-refractivity contribution in [2.45, 2.75) is 39.8 Å². The van der Waals surface area contributed by atoms with E-state index in [1.54, 1.807) is 0 Å². The van der Waals surface area contributed by atoms with Crippen molar-refractivity contribution in [3.8, 4) is 0 Å². The van der Waals surface area contributed by atoms with Crippen molar-refractivity contribution in [2.24, 2.45) is 0 Å². The minimum atomic E-state index is 0.168. The van der Waals surface area contributed by atoms with Gasteiger partial charge in [-0.05, 0) is 25.8 Å². The average molecular weight is 248 g/mol. The third-order valence-corrected chi connectivity index (χ3v) is 3.16. The Bertz CT molecular complexity index is 351. The number of rotatable bonds is 7. The van der Waals surface area contributed by atoms with Crippen LogP contribution >= 0.6 is 0 Å². The first-order chi connectivity index (χ1) is 8.67. The van der Waals surface area contributed by atoms with Gasteiger partial charge in [-0.1, -0.05) is 37.3 Å². The van der Waals surface area contributed by atoms with Gasteiger partial charge in [-0.25, -0.2) is 0 Å². The number of carbonyl (C=O) groups excluding carboxylic acids is 1. The van der Waals surface area contributed by atoms with E-state index in [1.165, 1.54) is 5.56 Å². The molecule has 0 radical (unpaired) electrons. The number of carbonyl (C=O) groups is 1. The lowest BCUT2D eigenvalue weighted by Gasteiger charge is -2.22. The van der Waals surface area contributed by atoms with Crippen LogP contribution in [0.25, 0.3) is 0 Å². The maximum absolute atomic E-state index is 12.1. The summed E-state index contributed by atoms with van der Waals surface area (Å²) < 4.78 is 0. The lowest BCUT2D eigenvalue weighted by Crippen LogP contribution is -2.40. The molecule has 0 aliphatic carbocycles. The second kappa shape index (κ2) is 7.88. The normalized spacial score (nSPS) is 12.2. The fourth-order valence-corrected chi connectivity index (χ4v) is 1.70. The second-order valence-electron chi connectivity index (χ2n) is 4.58. The van der Waals surface area contributed by atoms with E-state index in [0.717, 1.165) is 13.0 Å². The highest BCUT2D eigenvalue weighted by atomic mass is 16.2. The molecule has 0 saturated carbocycles. The van der Waals surface area contributed by atoms with E-state index in [4.69, 9.17) is 0 Å². The monoisotopic (exact) mass is 248 g/mol. The van der Waals surface area contributed by atoms with Gasteiger partial charge in [0.15, 0.2) is 0 Å². The second-order valence-corrected chi connectivity index (χ2v) is 4.58. The SMILES string of the molecule is CCC(C)NCC(=O)N(CC)Cc1ccccc1. The molecule has 100 valence electrons. The molecule has 1 unspecified atom stereocenters. The first-order valence-corrected chi connectivity index (χ1v) is 6.72. The van der Waals surface area contributed by atoms with Gasteiger partial charge in [-0.3, -0.25) is 4.79 Å². The summed E-state index contributed by atoms with van der Waals surface area (Å²) >= 11 is 0. The molecule has 1 amide bonds. The fourth-order valence-electron chi connectivity index (χ4n) is 1.70. The Morgan fingerprint density at radius 2 is 1.94 bits per heavy atom. The van der Waals surface area contributed by atoms with Crippen LogP contribution in [0.4, 0.5) is 0 Å². The third kappa shape index (κ3) is 4.88. The molecular weight excluding hydrogens is 224 g/mol. The first-order valence-electron chi connectivity index (χ1n) is 6.72. The molecule has 0 bridgehead atoms. The molecule has 0 aromatic heterocycles. The predicted molar refractivity (Wildman–Crippen MR) is 75.3 cm³/mol. The largest absolute Gasteiger partial charge is 0.338 e. The predicted octanol–water partition coefficient (Wildman–Crippen LogP) is 2.42. The lowest BCUT2D eigenvalue weighted by atomic mass is 10.2. The van der Waals surface area contributed by atoms with Gasteiger partial charge in [-0.15, -0.1) is 0 Å². The molecule has 18 heavy (non-hydrogen) atoms. The summed E-state index contributed by atoms with van der Waals surface area (Å²) in [5.74, 6) is 0.168. The smallest absolute Gasteiger partial charge is 0.236 e. The van der Waals surface area contributed by atoms with Crippen LogP contribution in [0.2, 0.25) is 0 Å². The van der Waals surface area contributed by atoms with Crippen molar-refractivity contribution in [1.82, 2.24) is 10.2 Å². The highest BCUT2D eigenvalue weighted by molar-refractivity contribution is 5.78. The third-order valence-electron chi connectivity index (χ3n) is 3.16. The zero-order valence-corrected chi connectivity index (χ0v) is 11.6. The van der Waals surface area contributed by atoms with E-state index in [1.807, 2.05) is 30.0 Å². The number of nitrogens with zero attached hydrogens (tertiary/aromatic N) is 1. The number of likely N-dealkylation sites (N-methyl/N-ethyl adjacent to an activating group) is 1. The summed E-state index contributed by atoms with van der Waals surface area (Å²) in [5, 5.41) is 3.24. The van der Waals surface area contributed by atoms with Crippen LogP contribution in [0.1, 0.15) is 32.8 Å². The molecule has 0 aliphatic heterocycles. The zero-order valence-electron chi connectivity index (χ0n) is 11.6. The zero-order chi connectivity index (χ0) is 13.4. The summed E-state index contributed by atoms with van der Waals surface area (Å²) in [4.78, 5) is 13.9. The van der Waals surface area contributed by atoms with Crippen molar-refractivity contribution in [2.75, 3.05) is 13.1 Å². The highest BCUT2D eigenvalue weighted by Crippen LogP contribution is 2.04. The lowest BCUT2D eigenvalue weighted by molar-refractivity contribution is -0.130. The van der Waals surface area contributed by atoms with Gasteiger partial charge < -0.3 is 10.2 Å². The molecule has 1 N–H and O–H groups in total. The van der Waals surface area contributed by atoms with Crippen molar-refractivity contribution in [3.63, 3.8) is 0 Å². The summed E-state index contributed by atoms with van der Waals surface area (Å²) in [6.07, 6.45) is 1.04. The minimum Gasteiger partial charge on any atom is -0.338 e. The Hall–Kier alpha value is -1.35. The molecule has 1 aromatic carbocycles. The average Bonchev–Trinajstić information content (AvgIpc) is 2.42. The van der Waals surface area contributed by atoms with Crippen LogP contribution in [0.5, 0.6) is 0 Å². The number of benzene rings is 1. The van der Waals surface area contributed by atoms with Crippen LogP contribution < -0.4 is 5.32 Å². The standard InChI is InChI=1S/C15H24N2O/c1-4-13(3)16-11-15(18)17(5-2)12-14-9-7-6-8-10-14/h6-10,13,16H,4-5,11-12H2,1-3H3. The van der Waals surface area contributed by atoms with E-state index >= 15 is 0 Å². The van der Waals surface area contributed by atoms with Gasteiger partial charge in [0.1, 0.15) is 0 Å². The Kier molecular flexibility index (Phi) is 6.44. The van der Waals surface area contributed by atoms with Gasteiger partial charge in [0.25, 0.3) is 0 Å². The number of hydrogen-bond donors (Lipinski definition) is 1. The summed E-state index contributed by atoms with van der Waals surface area (Å²) in [7, 11) is 0. The number of nitrogens with one attached hydrogen (secondary N) is 1. The van der Waals surface area contributed by atoms with Gasteiger partial charge in [-0.2, -0.15) is 0 Å². The van der Waals surface area contributed by atoms with Crippen LogP contribution in [0, 0.1) is 0 Å². The summed E-state index contributed by atoms with van der Waals surface area (Å²) in [5.41, 5.74) is 1.18. The molecular formula is C15H24N2O. The molecule has 1 atom stereocenters. The molecule has 3 nitrogen and oxygen atoms in total. The number of hydrogen-bond acceptors (Lipinski definition) is 2. The van der Waals surface area contributed by atoms with E-state index in [2.05, 4.69) is 31.3 Å². The molecule has 1 aromatic rings. The molecule has 0 aliphatic rings. The highest BCUT2D eigenvalue weighted by Gasteiger charge is 2.12. The molecule has 0 fully saturated rings. The minimum absolute atomic E-state index is 0.168. The van der Waals surface area contributed by atoms with Crippen molar-refractivity contribution >= 4 is 5.91 Å². The van der Waals surface area contributed by atoms with Crippen LogP contribution in [0.15, 0.2) is 30.3 Å². The van der Waals surface area contributed by atoms with Crippen molar-refractivity contribution in [1.29, 1.82) is 0 Å². The summed E-state index contributed by atoms with van der Waals surface area (Å²) in [6.45, 7) is 8.10. The van der Waals surface area contributed by atoms with E-state index in [0.29, 0.717) is 19.1 Å². The van der Waals surface area contributed by atoms with E-state index in [-0.39, 0.29) is 5.91 Å². The van der Waals surface area contributed by atoms with Gasteiger partial charge >= 0.3 is 0 Å². The summed E-state index contributed by atoms with van der Waals surface area (Å²) in [6, 6.07) is 10.5. The van der Waals surface area contributed by atoms with Crippen molar-refractivity contribution < 1.29 is 4.79 Å². The van der Waals surface area contributed by atoms with Crippen LogP contribution in [-0.4, -0.2) is 29.9 Å². The first kappa shape index (κ1) is 14.7. The van der Waals surface area contributed by atoms with Gasteiger partial charge in [0.05, 0.1) is 6.54 Å². The van der Waals surface area contributed by atoms with Gasteiger partial charge in [0.2, 0.25) is 5.91 Å². The van der Waals surface area contributed by atoms with Crippen LogP contribution in [0.3, 0.4) is 0 Å². The Labute approximate surface area is 110 Å². The maximum atomic E-state index is 12.1. The molecule has 0 heterocycles. The van der Waals surface area contributed by atoms with E-state index in [9.17, 15) is 4.79 Å².